The molecule has 100 valence electrons. The summed E-state index contributed by atoms with van der Waals surface area (Å²) in [5.41, 5.74) is 2.64. The van der Waals surface area contributed by atoms with Crippen LogP contribution in [-0.2, 0) is 6.42 Å². The first kappa shape index (κ1) is 13.3. The molecule has 0 saturated carbocycles. The van der Waals surface area contributed by atoms with Gasteiger partial charge in [-0.05, 0) is 25.0 Å². The smallest absolute Gasteiger partial charge is 0.226 e. The Hall–Kier alpha value is -2.10. The molecule has 0 bridgehead atoms. The molecule has 0 saturated heterocycles. The lowest BCUT2D eigenvalue weighted by Gasteiger charge is -2.11. The van der Waals surface area contributed by atoms with Crippen molar-refractivity contribution in [2.24, 2.45) is 0 Å². The molecular formula is C15H20N4. The molecular weight excluding hydrogens is 236 g/mol. The van der Waals surface area contributed by atoms with Gasteiger partial charge in [-0.1, -0.05) is 29.8 Å². The van der Waals surface area contributed by atoms with Gasteiger partial charge in [-0.25, -0.2) is 4.98 Å². The third kappa shape index (κ3) is 3.95. The molecule has 0 amide bonds. The average Bonchev–Trinajstić information content (AvgIpc) is 2.39. The maximum atomic E-state index is 4.42. The third-order valence-corrected chi connectivity index (χ3v) is 2.85. The van der Waals surface area contributed by atoms with Gasteiger partial charge >= 0.3 is 0 Å². The Morgan fingerprint density at radius 2 is 2.05 bits per heavy atom. The maximum absolute atomic E-state index is 4.42. The molecule has 0 unspecified atom stereocenters. The first-order chi connectivity index (χ1) is 9.15. The van der Waals surface area contributed by atoms with Gasteiger partial charge in [-0.15, -0.1) is 0 Å². The molecule has 1 heterocycles. The van der Waals surface area contributed by atoms with E-state index in [0.717, 1.165) is 24.7 Å². The van der Waals surface area contributed by atoms with Crippen molar-refractivity contribution in [3.63, 3.8) is 0 Å². The van der Waals surface area contributed by atoms with Gasteiger partial charge in [0.05, 0.1) is 0 Å². The summed E-state index contributed by atoms with van der Waals surface area (Å²) in [6.45, 7) is 2.98. The average molecular weight is 256 g/mol. The molecule has 0 radical (unpaired) electrons. The number of hydrogen-bond donors (Lipinski definition) is 1. The Morgan fingerprint density at radius 3 is 2.79 bits per heavy atom. The van der Waals surface area contributed by atoms with Crippen molar-refractivity contribution in [3.8, 4) is 0 Å². The van der Waals surface area contributed by atoms with E-state index in [1.54, 1.807) is 6.20 Å². The van der Waals surface area contributed by atoms with Gasteiger partial charge in [0.1, 0.15) is 5.82 Å². The van der Waals surface area contributed by atoms with E-state index in [0.29, 0.717) is 0 Å². The number of nitrogens with zero attached hydrogens (tertiary/aromatic N) is 3. The summed E-state index contributed by atoms with van der Waals surface area (Å²) < 4.78 is 0. The molecule has 19 heavy (non-hydrogen) atoms. The molecule has 1 aromatic carbocycles. The first-order valence-corrected chi connectivity index (χ1v) is 6.45. The second-order valence-corrected chi connectivity index (χ2v) is 4.80. The van der Waals surface area contributed by atoms with E-state index in [1.807, 2.05) is 25.1 Å². The van der Waals surface area contributed by atoms with Gasteiger partial charge in [0, 0.05) is 26.8 Å². The molecule has 1 aromatic heterocycles. The van der Waals surface area contributed by atoms with Crippen LogP contribution in [0, 0.1) is 6.92 Å². The van der Waals surface area contributed by atoms with Crippen LogP contribution in [0.2, 0.25) is 0 Å². The molecule has 0 aliphatic heterocycles. The highest BCUT2D eigenvalue weighted by Crippen LogP contribution is 2.09. The summed E-state index contributed by atoms with van der Waals surface area (Å²) in [7, 11) is 3.87. The van der Waals surface area contributed by atoms with Crippen molar-refractivity contribution in [3.05, 3.63) is 47.7 Å². The fourth-order valence-corrected chi connectivity index (χ4v) is 1.86. The van der Waals surface area contributed by atoms with Crippen molar-refractivity contribution in [2.75, 3.05) is 30.9 Å². The van der Waals surface area contributed by atoms with Gasteiger partial charge in [-0.2, -0.15) is 4.98 Å². The minimum absolute atomic E-state index is 0.723. The van der Waals surface area contributed by atoms with Gasteiger partial charge in [0.15, 0.2) is 0 Å². The van der Waals surface area contributed by atoms with Crippen molar-refractivity contribution in [1.29, 1.82) is 0 Å². The quantitative estimate of drug-likeness (QED) is 0.892. The molecule has 0 fully saturated rings. The number of aromatic nitrogens is 2. The van der Waals surface area contributed by atoms with E-state index < -0.39 is 0 Å². The second-order valence-electron chi connectivity index (χ2n) is 4.80. The van der Waals surface area contributed by atoms with E-state index in [9.17, 15) is 0 Å². The summed E-state index contributed by atoms with van der Waals surface area (Å²) in [5, 5.41) is 3.33. The van der Waals surface area contributed by atoms with E-state index in [2.05, 4.69) is 46.5 Å². The molecule has 4 nitrogen and oxygen atoms in total. The van der Waals surface area contributed by atoms with Crippen molar-refractivity contribution in [1.82, 2.24) is 9.97 Å². The Morgan fingerprint density at radius 1 is 1.21 bits per heavy atom. The highest BCUT2D eigenvalue weighted by molar-refractivity contribution is 5.40. The van der Waals surface area contributed by atoms with E-state index in [1.165, 1.54) is 11.1 Å². The zero-order chi connectivity index (χ0) is 13.7. The second kappa shape index (κ2) is 6.18. The summed E-state index contributed by atoms with van der Waals surface area (Å²) >= 11 is 0. The zero-order valence-electron chi connectivity index (χ0n) is 11.7. The van der Waals surface area contributed by atoms with Crippen LogP contribution in [0.1, 0.15) is 11.1 Å². The summed E-state index contributed by atoms with van der Waals surface area (Å²) in [4.78, 5) is 10.5. The van der Waals surface area contributed by atoms with Gasteiger partial charge in [-0.3, -0.25) is 0 Å². The highest BCUT2D eigenvalue weighted by Gasteiger charge is 2.00. The topological polar surface area (TPSA) is 41.1 Å². The lowest BCUT2D eigenvalue weighted by Crippen LogP contribution is -2.14. The van der Waals surface area contributed by atoms with Crippen LogP contribution in [0.25, 0.3) is 0 Å². The van der Waals surface area contributed by atoms with Crippen LogP contribution in [0.4, 0.5) is 11.8 Å². The van der Waals surface area contributed by atoms with E-state index in [-0.39, 0.29) is 0 Å². The van der Waals surface area contributed by atoms with Crippen LogP contribution in [-0.4, -0.2) is 30.6 Å². The molecule has 0 spiro atoms. The number of anilines is 2. The molecule has 0 aliphatic carbocycles. The highest BCUT2D eigenvalue weighted by atomic mass is 15.2. The fourth-order valence-electron chi connectivity index (χ4n) is 1.86. The third-order valence-electron chi connectivity index (χ3n) is 2.85. The number of rotatable bonds is 5. The van der Waals surface area contributed by atoms with Crippen LogP contribution >= 0.6 is 0 Å². The normalized spacial score (nSPS) is 10.3. The Labute approximate surface area is 114 Å². The Bertz CT molecular complexity index is 537. The number of benzene rings is 1. The molecule has 2 aromatic rings. The van der Waals surface area contributed by atoms with E-state index in [4.69, 9.17) is 0 Å². The fraction of sp³-hybridized carbons (Fsp3) is 0.333. The summed E-state index contributed by atoms with van der Waals surface area (Å²) in [6.07, 6.45) is 2.76. The summed E-state index contributed by atoms with van der Waals surface area (Å²) in [6, 6.07) is 10.5. The van der Waals surface area contributed by atoms with Gasteiger partial charge in [0.2, 0.25) is 5.95 Å². The monoisotopic (exact) mass is 256 g/mol. The lowest BCUT2D eigenvalue weighted by atomic mass is 10.1. The molecule has 0 atom stereocenters. The Balaban J connectivity index is 1.90. The van der Waals surface area contributed by atoms with Crippen LogP contribution in [0.3, 0.4) is 0 Å². The number of aryl methyl sites for hydroxylation is 1. The minimum atomic E-state index is 0.723. The SMILES string of the molecule is Cc1cccc(CCNc2ccnc(N(C)C)n2)c1. The Kier molecular flexibility index (Phi) is 4.34. The van der Waals surface area contributed by atoms with Gasteiger partial charge in [0.25, 0.3) is 0 Å². The van der Waals surface area contributed by atoms with Crippen molar-refractivity contribution >= 4 is 11.8 Å². The first-order valence-electron chi connectivity index (χ1n) is 6.45. The summed E-state index contributed by atoms with van der Waals surface area (Å²) in [5.74, 6) is 1.59. The zero-order valence-corrected chi connectivity index (χ0v) is 11.7. The van der Waals surface area contributed by atoms with Crippen molar-refractivity contribution in [2.45, 2.75) is 13.3 Å². The van der Waals surface area contributed by atoms with Crippen LogP contribution in [0.15, 0.2) is 36.5 Å². The molecule has 4 heteroatoms. The molecule has 0 aliphatic rings. The number of hydrogen-bond acceptors (Lipinski definition) is 4. The number of nitrogens with one attached hydrogen (secondary N) is 1. The maximum Gasteiger partial charge on any atom is 0.226 e. The lowest BCUT2D eigenvalue weighted by molar-refractivity contribution is 0.968. The predicted octanol–water partition coefficient (Wildman–Crippen LogP) is 2.51. The molecule has 2 rings (SSSR count). The minimum Gasteiger partial charge on any atom is -0.370 e. The largest absolute Gasteiger partial charge is 0.370 e. The van der Waals surface area contributed by atoms with Crippen molar-refractivity contribution < 1.29 is 0 Å². The van der Waals surface area contributed by atoms with E-state index >= 15 is 0 Å². The van der Waals surface area contributed by atoms with Gasteiger partial charge < -0.3 is 10.2 Å². The predicted molar refractivity (Wildman–Crippen MR) is 79.7 cm³/mol. The standard InChI is InChI=1S/C15H20N4/c1-12-5-4-6-13(11-12)7-9-16-14-8-10-17-15(18-14)19(2)3/h4-6,8,10-11H,7,9H2,1-3H3,(H,16,17,18). The van der Waals surface area contributed by atoms with Crippen LogP contribution in [0.5, 0.6) is 0 Å². The molecule has 1 N–H and O–H groups in total. The van der Waals surface area contributed by atoms with Crippen LogP contribution < -0.4 is 10.2 Å².